The highest BCUT2D eigenvalue weighted by Crippen LogP contribution is 2.23. The Labute approximate surface area is 149 Å². The van der Waals surface area contributed by atoms with Gasteiger partial charge in [0.25, 0.3) is 5.91 Å². The molecule has 2 rings (SSSR count). The summed E-state index contributed by atoms with van der Waals surface area (Å²) in [6.07, 6.45) is 0. The maximum absolute atomic E-state index is 12.3. The van der Waals surface area contributed by atoms with Gasteiger partial charge in [0.1, 0.15) is 0 Å². The first kappa shape index (κ1) is 18.8. The molecule has 0 aliphatic heterocycles. The van der Waals surface area contributed by atoms with Gasteiger partial charge in [-0.05, 0) is 44.4 Å². The van der Waals surface area contributed by atoms with Crippen LogP contribution in [0.4, 0.5) is 5.69 Å². The number of carbonyl (C=O) groups excluding carboxylic acids is 2. The Bertz CT molecular complexity index is 775. The molecular formula is C20H26N2O3. The summed E-state index contributed by atoms with van der Waals surface area (Å²) in [5.74, 6) is -0.524. The third-order valence-corrected chi connectivity index (χ3v) is 4.30. The Morgan fingerprint density at radius 3 is 2.48 bits per heavy atom. The van der Waals surface area contributed by atoms with Crippen LogP contribution in [0, 0.1) is 13.8 Å². The molecule has 0 saturated carbocycles. The van der Waals surface area contributed by atoms with Crippen molar-refractivity contribution in [1.82, 2.24) is 4.57 Å². The summed E-state index contributed by atoms with van der Waals surface area (Å²) in [5.41, 5.74) is 4.17. The molecule has 0 spiro atoms. The van der Waals surface area contributed by atoms with E-state index in [0.717, 1.165) is 29.2 Å². The van der Waals surface area contributed by atoms with Crippen LogP contribution < -0.4 is 5.32 Å². The number of aromatic nitrogens is 1. The Hall–Kier alpha value is -2.56. The van der Waals surface area contributed by atoms with Crippen LogP contribution in [0.2, 0.25) is 0 Å². The fraction of sp³-hybridized carbons (Fsp3) is 0.400. The average Bonchev–Trinajstić information content (AvgIpc) is 2.87. The Morgan fingerprint density at radius 2 is 1.88 bits per heavy atom. The summed E-state index contributed by atoms with van der Waals surface area (Å²) >= 11 is 0. The molecule has 0 aliphatic rings. The zero-order valence-corrected chi connectivity index (χ0v) is 15.6. The normalized spacial score (nSPS) is 10.8. The maximum atomic E-state index is 12.3. The van der Waals surface area contributed by atoms with Crippen molar-refractivity contribution in [3.8, 4) is 0 Å². The number of esters is 1. The molecule has 0 radical (unpaired) electrons. The van der Waals surface area contributed by atoms with Crippen LogP contribution in [0.15, 0.2) is 30.3 Å². The number of ether oxygens (including phenoxy) is 1. The number of hydrogen-bond donors (Lipinski definition) is 1. The highest BCUT2D eigenvalue weighted by molar-refractivity contribution is 5.96. The Morgan fingerprint density at radius 1 is 1.20 bits per heavy atom. The minimum atomic E-state index is -0.472. The number of nitrogens with one attached hydrogen (secondary N) is 1. The molecule has 0 aliphatic carbocycles. The number of carbonyl (C=O) groups is 2. The zero-order valence-electron chi connectivity index (χ0n) is 15.6. The standard InChI is InChI=1S/C20H26N2O3/c1-6-22-14(4)11-17(15(22)5)20(24)25-12-19(23)21-18-10-8-7-9-16(18)13(2)3/h7-11,13H,6,12H2,1-5H3,(H,21,23). The van der Waals surface area contributed by atoms with Gasteiger partial charge >= 0.3 is 5.97 Å². The molecular weight excluding hydrogens is 316 g/mol. The topological polar surface area (TPSA) is 60.3 Å². The van der Waals surface area contributed by atoms with Crippen LogP contribution in [0.1, 0.15) is 54.0 Å². The SMILES string of the molecule is CCn1c(C)cc(C(=O)OCC(=O)Nc2ccccc2C(C)C)c1C. The van der Waals surface area contributed by atoms with Gasteiger partial charge in [0, 0.05) is 23.6 Å². The van der Waals surface area contributed by atoms with E-state index in [1.807, 2.05) is 49.6 Å². The van der Waals surface area contributed by atoms with E-state index in [2.05, 4.69) is 19.2 Å². The van der Waals surface area contributed by atoms with Gasteiger partial charge in [0.15, 0.2) is 6.61 Å². The monoisotopic (exact) mass is 342 g/mol. The van der Waals surface area contributed by atoms with E-state index in [1.54, 1.807) is 6.07 Å². The molecule has 134 valence electrons. The van der Waals surface area contributed by atoms with E-state index in [1.165, 1.54) is 0 Å². The first-order valence-corrected chi connectivity index (χ1v) is 8.57. The molecule has 1 amide bonds. The lowest BCUT2D eigenvalue weighted by atomic mass is 10.0. The second-order valence-electron chi connectivity index (χ2n) is 6.40. The fourth-order valence-corrected chi connectivity index (χ4v) is 3.00. The summed E-state index contributed by atoms with van der Waals surface area (Å²) in [7, 11) is 0. The van der Waals surface area contributed by atoms with Crippen LogP contribution in [0.25, 0.3) is 0 Å². The van der Waals surface area contributed by atoms with Crippen molar-refractivity contribution in [3.05, 3.63) is 52.8 Å². The summed E-state index contributed by atoms with van der Waals surface area (Å²) in [6.45, 7) is 10.5. The minimum absolute atomic E-state index is 0.290. The molecule has 0 bridgehead atoms. The van der Waals surface area contributed by atoms with Crippen LogP contribution in [-0.4, -0.2) is 23.1 Å². The maximum Gasteiger partial charge on any atom is 0.340 e. The quantitative estimate of drug-likeness (QED) is 0.806. The molecule has 1 aromatic heterocycles. The van der Waals surface area contributed by atoms with E-state index >= 15 is 0 Å². The van der Waals surface area contributed by atoms with Crippen molar-refractivity contribution in [2.45, 2.75) is 47.1 Å². The van der Waals surface area contributed by atoms with E-state index < -0.39 is 5.97 Å². The van der Waals surface area contributed by atoms with E-state index in [0.29, 0.717) is 11.5 Å². The average molecular weight is 342 g/mol. The van der Waals surface area contributed by atoms with Gasteiger partial charge in [-0.2, -0.15) is 0 Å². The summed E-state index contributed by atoms with van der Waals surface area (Å²) < 4.78 is 7.23. The molecule has 2 aromatic rings. The number of hydrogen-bond acceptors (Lipinski definition) is 3. The molecule has 0 saturated heterocycles. The highest BCUT2D eigenvalue weighted by atomic mass is 16.5. The lowest BCUT2D eigenvalue weighted by molar-refractivity contribution is -0.119. The largest absolute Gasteiger partial charge is 0.452 e. The third-order valence-electron chi connectivity index (χ3n) is 4.30. The fourth-order valence-electron chi connectivity index (χ4n) is 3.00. The predicted octanol–water partition coefficient (Wildman–Crippen LogP) is 4.04. The zero-order chi connectivity index (χ0) is 18.6. The Balaban J connectivity index is 2.00. The van der Waals surface area contributed by atoms with E-state index in [9.17, 15) is 9.59 Å². The number of nitrogens with zero attached hydrogens (tertiary/aromatic N) is 1. The summed E-state index contributed by atoms with van der Waals surface area (Å²) in [5, 5.41) is 2.82. The lowest BCUT2D eigenvalue weighted by Gasteiger charge is -2.13. The first-order valence-electron chi connectivity index (χ1n) is 8.57. The number of rotatable bonds is 6. The smallest absolute Gasteiger partial charge is 0.340 e. The second kappa shape index (κ2) is 8.01. The number of amides is 1. The minimum Gasteiger partial charge on any atom is -0.452 e. The number of para-hydroxylation sites is 1. The lowest BCUT2D eigenvalue weighted by Crippen LogP contribution is -2.22. The van der Waals surface area contributed by atoms with Crippen molar-refractivity contribution >= 4 is 17.6 Å². The molecule has 5 heteroatoms. The first-order chi connectivity index (χ1) is 11.8. The molecule has 0 atom stereocenters. The molecule has 0 unspecified atom stereocenters. The van der Waals surface area contributed by atoms with Crippen LogP contribution in [-0.2, 0) is 16.1 Å². The van der Waals surface area contributed by atoms with Crippen LogP contribution >= 0.6 is 0 Å². The van der Waals surface area contributed by atoms with Gasteiger partial charge in [-0.25, -0.2) is 4.79 Å². The molecule has 1 aromatic carbocycles. The second-order valence-corrected chi connectivity index (χ2v) is 6.40. The number of aryl methyl sites for hydroxylation is 1. The van der Waals surface area contributed by atoms with E-state index in [4.69, 9.17) is 4.74 Å². The molecule has 5 nitrogen and oxygen atoms in total. The van der Waals surface area contributed by atoms with Gasteiger partial charge in [0.05, 0.1) is 5.56 Å². The Kier molecular flexibility index (Phi) is 6.02. The third kappa shape index (κ3) is 4.29. The van der Waals surface area contributed by atoms with Gasteiger partial charge in [-0.15, -0.1) is 0 Å². The van der Waals surface area contributed by atoms with Crippen LogP contribution in [0.3, 0.4) is 0 Å². The predicted molar refractivity (Wildman–Crippen MR) is 99.0 cm³/mol. The van der Waals surface area contributed by atoms with Gasteiger partial charge < -0.3 is 14.6 Å². The van der Waals surface area contributed by atoms with E-state index in [-0.39, 0.29) is 12.5 Å². The molecule has 0 fully saturated rings. The van der Waals surface area contributed by atoms with Crippen molar-refractivity contribution < 1.29 is 14.3 Å². The highest BCUT2D eigenvalue weighted by Gasteiger charge is 2.18. The van der Waals surface area contributed by atoms with Crippen LogP contribution in [0.5, 0.6) is 0 Å². The van der Waals surface area contributed by atoms with Gasteiger partial charge in [-0.3, -0.25) is 4.79 Å². The van der Waals surface area contributed by atoms with Crippen molar-refractivity contribution in [1.29, 1.82) is 0 Å². The van der Waals surface area contributed by atoms with Gasteiger partial charge in [0.2, 0.25) is 0 Å². The number of anilines is 1. The summed E-state index contributed by atoms with van der Waals surface area (Å²) in [4.78, 5) is 24.4. The molecule has 1 N–H and O–H groups in total. The van der Waals surface area contributed by atoms with Crippen molar-refractivity contribution in [2.24, 2.45) is 0 Å². The summed E-state index contributed by atoms with van der Waals surface area (Å²) in [6, 6.07) is 9.44. The molecule has 25 heavy (non-hydrogen) atoms. The van der Waals surface area contributed by atoms with Crippen molar-refractivity contribution in [2.75, 3.05) is 11.9 Å². The molecule has 1 heterocycles. The number of benzene rings is 1. The van der Waals surface area contributed by atoms with Gasteiger partial charge in [-0.1, -0.05) is 32.0 Å². The van der Waals surface area contributed by atoms with Crippen molar-refractivity contribution in [3.63, 3.8) is 0 Å².